The molecule has 2 aromatic rings. The van der Waals surface area contributed by atoms with Crippen molar-refractivity contribution >= 4 is 0 Å². The summed E-state index contributed by atoms with van der Waals surface area (Å²) in [6.45, 7) is 9.06. The van der Waals surface area contributed by atoms with E-state index in [0.29, 0.717) is 6.04 Å². The lowest BCUT2D eigenvalue weighted by Gasteiger charge is -2.38. The van der Waals surface area contributed by atoms with E-state index in [1.807, 2.05) is 17.0 Å². The Kier molecular flexibility index (Phi) is 6.05. The zero-order valence-corrected chi connectivity index (χ0v) is 15.3. The van der Waals surface area contributed by atoms with Crippen LogP contribution in [-0.4, -0.2) is 33.8 Å². The van der Waals surface area contributed by atoms with E-state index in [0.717, 1.165) is 38.0 Å². The number of nitrogens with two attached hydrogens (primary N) is 1. The van der Waals surface area contributed by atoms with Crippen molar-refractivity contribution in [2.24, 2.45) is 5.73 Å². The van der Waals surface area contributed by atoms with E-state index in [2.05, 4.69) is 54.0 Å². The average molecular weight is 338 g/mol. The Labute approximate surface area is 151 Å². The molecule has 134 valence electrons. The van der Waals surface area contributed by atoms with E-state index in [9.17, 15) is 0 Å². The van der Waals surface area contributed by atoms with E-state index >= 15 is 0 Å². The number of rotatable bonds is 7. The fraction of sp³-hybridized carbons (Fsp3) is 0.476. The second-order valence-corrected chi connectivity index (χ2v) is 6.99. The maximum atomic E-state index is 6.69. The Balaban J connectivity index is 1.80. The van der Waals surface area contributed by atoms with Crippen molar-refractivity contribution in [2.45, 2.75) is 51.2 Å². The van der Waals surface area contributed by atoms with Gasteiger partial charge in [-0.15, -0.1) is 6.58 Å². The van der Waals surface area contributed by atoms with Crippen molar-refractivity contribution in [1.82, 2.24) is 14.7 Å². The van der Waals surface area contributed by atoms with Crippen LogP contribution in [0.1, 0.15) is 44.2 Å². The molecule has 1 fully saturated rings. The van der Waals surface area contributed by atoms with Crippen LogP contribution in [0.2, 0.25) is 0 Å². The first-order valence-corrected chi connectivity index (χ1v) is 9.46. The van der Waals surface area contributed by atoms with Gasteiger partial charge in [0.05, 0.1) is 6.20 Å². The molecule has 1 aliphatic heterocycles. The summed E-state index contributed by atoms with van der Waals surface area (Å²) >= 11 is 0. The van der Waals surface area contributed by atoms with Crippen LogP contribution in [0.3, 0.4) is 0 Å². The van der Waals surface area contributed by atoms with Gasteiger partial charge in [0.2, 0.25) is 0 Å². The highest BCUT2D eigenvalue weighted by Gasteiger charge is 2.28. The van der Waals surface area contributed by atoms with Gasteiger partial charge in [0, 0.05) is 36.9 Å². The fourth-order valence-corrected chi connectivity index (χ4v) is 3.83. The maximum absolute atomic E-state index is 6.69. The minimum atomic E-state index is 0.0332. The van der Waals surface area contributed by atoms with Gasteiger partial charge in [-0.1, -0.05) is 37.6 Å². The first-order chi connectivity index (χ1) is 12.2. The molecule has 4 heteroatoms. The minimum Gasteiger partial charge on any atom is -0.323 e. The molecule has 3 rings (SSSR count). The number of hydrogen-bond donors (Lipinski definition) is 1. The standard InChI is InChI=1S/C21H30N4/c1-3-11-24-13-6-5-10-20(24)21(22)18-9-7-8-17(14-18)19-15-23-25(16-19)12-4-2/h3,7-9,14-16,20-21H,1,4-6,10-13,22H2,2H3/t20-,21-/m0/s1. The smallest absolute Gasteiger partial charge is 0.0568 e. The molecule has 0 bridgehead atoms. The summed E-state index contributed by atoms with van der Waals surface area (Å²) in [5.41, 5.74) is 10.3. The lowest BCUT2D eigenvalue weighted by atomic mass is 9.90. The van der Waals surface area contributed by atoms with Crippen LogP contribution in [-0.2, 0) is 6.54 Å². The van der Waals surface area contributed by atoms with Crippen molar-refractivity contribution in [3.63, 3.8) is 0 Å². The van der Waals surface area contributed by atoms with Gasteiger partial charge in [-0.3, -0.25) is 9.58 Å². The Hall–Kier alpha value is -1.91. The SMILES string of the molecule is C=CCN1CCCC[C@H]1[C@@H](N)c1cccc(-c2cnn(CCC)c2)c1. The molecule has 0 saturated carbocycles. The van der Waals surface area contributed by atoms with Crippen LogP contribution in [0.25, 0.3) is 11.1 Å². The first kappa shape index (κ1) is 17.9. The average Bonchev–Trinajstić information content (AvgIpc) is 3.11. The van der Waals surface area contributed by atoms with E-state index < -0.39 is 0 Å². The van der Waals surface area contributed by atoms with Crippen LogP contribution in [0, 0.1) is 0 Å². The number of aryl methyl sites for hydroxylation is 1. The van der Waals surface area contributed by atoms with E-state index in [1.165, 1.54) is 24.0 Å². The third-order valence-corrected chi connectivity index (χ3v) is 5.13. The van der Waals surface area contributed by atoms with Gasteiger partial charge in [0.15, 0.2) is 0 Å². The Morgan fingerprint density at radius 1 is 1.36 bits per heavy atom. The molecule has 0 spiro atoms. The lowest BCUT2D eigenvalue weighted by Crippen LogP contribution is -2.45. The lowest BCUT2D eigenvalue weighted by molar-refractivity contribution is 0.141. The maximum Gasteiger partial charge on any atom is 0.0568 e. The summed E-state index contributed by atoms with van der Waals surface area (Å²) in [5, 5.41) is 4.45. The topological polar surface area (TPSA) is 47.1 Å². The highest BCUT2D eigenvalue weighted by Crippen LogP contribution is 2.29. The Morgan fingerprint density at radius 2 is 2.24 bits per heavy atom. The molecule has 2 heterocycles. The fourth-order valence-electron chi connectivity index (χ4n) is 3.83. The highest BCUT2D eigenvalue weighted by atomic mass is 15.3. The zero-order valence-electron chi connectivity index (χ0n) is 15.3. The predicted molar refractivity (Wildman–Crippen MR) is 104 cm³/mol. The van der Waals surface area contributed by atoms with Crippen LogP contribution < -0.4 is 5.73 Å². The van der Waals surface area contributed by atoms with E-state index in [1.54, 1.807) is 0 Å². The molecule has 1 aromatic carbocycles. The number of hydrogen-bond acceptors (Lipinski definition) is 3. The van der Waals surface area contributed by atoms with Crippen LogP contribution in [0.4, 0.5) is 0 Å². The molecule has 1 saturated heterocycles. The molecule has 2 atom stereocenters. The van der Waals surface area contributed by atoms with Gasteiger partial charge in [-0.2, -0.15) is 5.10 Å². The first-order valence-electron chi connectivity index (χ1n) is 9.46. The van der Waals surface area contributed by atoms with Gasteiger partial charge in [-0.05, 0) is 43.0 Å². The molecular formula is C21H30N4. The largest absolute Gasteiger partial charge is 0.323 e. The summed E-state index contributed by atoms with van der Waals surface area (Å²) in [5.74, 6) is 0. The Bertz CT molecular complexity index is 691. The quantitative estimate of drug-likeness (QED) is 0.776. The normalized spacial score (nSPS) is 19.7. The summed E-state index contributed by atoms with van der Waals surface area (Å²) in [6.07, 6.45) is 10.8. The van der Waals surface area contributed by atoms with Gasteiger partial charge in [-0.25, -0.2) is 0 Å². The third-order valence-electron chi connectivity index (χ3n) is 5.13. The van der Waals surface area contributed by atoms with Crippen molar-refractivity contribution in [3.8, 4) is 11.1 Å². The van der Waals surface area contributed by atoms with Crippen molar-refractivity contribution in [2.75, 3.05) is 13.1 Å². The predicted octanol–water partition coefficient (Wildman–Crippen LogP) is 4.00. The molecular weight excluding hydrogens is 308 g/mol. The molecule has 0 radical (unpaired) electrons. The van der Waals surface area contributed by atoms with Crippen molar-refractivity contribution in [1.29, 1.82) is 0 Å². The molecule has 0 amide bonds. The third kappa shape index (κ3) is 4.20. The van der Waals surface area contributed by atoms with Gasteiger partial charge < -0.3 is 5.73 Å². The van der Waals surface area contributed by atoms with E-state index in [-0.39, 0.29) is 6.04 Å². The summed E-state index contributed by atoms with van der Waals surface area (Å²) in [6, 6.07) is 9.08. The molecule has 1 aliphatic rings. The number of piperidine rings is 1. The van der Waals surface area contributed by atoms with E-state index in [4.69, 9.17) is 5.73 Å². The van der Waals surface area contributed by atoms with Crippen molar-refractivity contribution < 1.29 is 0 Å². The van der Waals surface area contributed by atoms with Crippen LogP contribution >= 0.6 is 0 Å². The summed E-state index contributed by atoms with van der Waals surface area (Å²) in [7, 11) is 0. The summed E-state index contributed by atoms with van der Waals surface area (Å²) in [4.78, 5) is 2.48. The van der Waals surface area contributed by atoms with Crippen LogP contribution in [0.15, 0.2) is 49.3 Å². The van der Waals surface area contributed by atoms with Gasteiger partial charge >= 0.3 is 0 Å². The highest BCUT2D eigenvalue weighted by molar-refractivity contribution is 5.62. The monoisotopic (exact) mass is 338 g/mol. The summed E-state index contributed by atoms with van der Waals surface area (Å²) < 4.78 is 2.01. The second-order valence-electron chi connectivity index (χ2n) is 6.99. The van der Waals surface area contributed by atoms with Gasteiger partial charge in [0.25, 0.3) is 0 Å². The minimum absolute atomic E-state index is 0.0332. The second kappa shape index (κ2) is 8.45. The molecule has 0 unspecified atom stereocenters. The molecule has 2 N–H and O–H groups in total. The molecule has 1 aromatic heterocycles. The zero-order chi connectivity index (χ0) is 17.6. The number of benzene rings is 1. The number of likely N-dealkylation sites (tertiary alicyclic amines) is 1. The van der Waals surface area contributed by atoms with Gasteiger partial charge in [0.1, 0.15) is 0 Å². The number of aromatic nitrogens is 2. The van der Waals surface area contributed by atoms with Crippen molar-refractivity contribution in [3.05, 3.63) is 54.9 Å². The molecule has 4 nitrogen and oxygen atoms in total. The number of nitrogens with zero attached hydrogens (tertiary/aromatic N) is 3. The molecule has 25 heavy (non-hydrogen) atoms. The molecule has 0 aliphatic carbocycles. The Morgan fingerprint density at radius 3 is 3.04 bits per heavy atom. The van der Waals surface area contributed by atoms with Crippen LogP contribution in [0.5, 0.6) is 0 Å².